The minimum absolute atomic E-state index is 0.0621. The van der Waals surface area contributed by atoms with Crippen LogP contribution in [0.3, 0.4) is 0 Å². The number of carbonyl (C=O) groups excluding carboxylic acids is 1. The average molecular weight is 721 g/mol. The highest BCUT2D eigenvalue weighted by Crippen LogP contribution is 2.72. The molecule has 18 atom stereocenters. The van der Waals surface area contributed by atoms with Crippen LogP contribution in [-0.2, 0) is 9.53 Å². The normalized spacial score (nSPS) is 51.3. The predicted octanol–water partition coefficient (Wildman–Crippen LogP) is 4.42. The highest BCUT2D eigenvalue weighted by molar-refractivity contribution is 5.95. The Bertz CT molecular complexity index is 1540. The van der Waals surface area contributed by atoms with Crippen molar-refractivity contribution in [3.05, 3.63) is 47.7 Å². The zero-order chi connectivity index (χ0) is 37.0. The zero-order valence-corrected chi connectivity index (χ0v) is 31.7. The molecule has 8 N–H and O–H groups in total. The standard InChI is InChI=1S/C43H64N2O7/c1-5-6-24-7-12-28-23(2)38(52-34(28)13-8-24)39(49)41(4,50)35-15-16-43(51)30-18-31(46)29-17-32(47)33(48)21-42(29)20-25(27-11-14-36(44)45-22-27)9-10-26(37(30)42)19-40(35,43)3/h9-11,14,18,22-26,28-29,32-39,45,47-51H,5-8,12-13,15-17,19-21,44H2,1-4H3. The van der Waals surface area contributed by atoms with Crippen LogP contribution < -0.4 is 11.1 Å². The van der Waals surface area contributed by atoms with Crippen molar-refractivity contribution in [1.82, 2.24) is 5.32 Å². The number of aliphatic hydroxyl groups is 5. The van der Waals surface area contributed by atoms with E-state index in [-0.39, 0.29) is 54.6 Å². The van der Waals surface area contributed by atoms with Gasteiger partial charge in [0, 0.05) is 23.5 Å². The second kappa shape index (κ2) is 13.1. The van der Waals surface area contributed by atoms with E-state index >= 15 is 0 Å². The Morgan fingerprint density at radius 3 is 2.58 bits per heavy atom. The number of ether oxygens (including phenoxy) is 1. The van der Waals surface area contributed by atoms with E-state index in [2.05, 4.69) is 38.2 Å². The number of allylic oxidation sites excluding steroid dienone is 5. The zero-order valence-electron chi connectivity index (χ0n) is 31.7. The molecule has 5 fully saturated rings. The second-order valence-corrected chi connectivity index (χ2v) is 19.1. The molecule has 6 aliphatic carbocycles. The maximum absolute atomic E-state index is 14.3. The molecule has 4 saturated carbocycles. The maximum Gasteiger partial charge on any atom is 0.159 e. The number of rotatable bonds is 6. The third kappa shape index (κ3) is 5.45. The Hall–Kier alpha value is -1.85. The quantitative estimate of drug-likeness (QED) is 0.197. The molecule has 0 bridgehead atoms. The number of hydrogen-bond acceptors (Lipinski definition) is 9. The maximum atomic E-state index is 14.3. The molecule has 0 aromatic heterocycles. The Morgan fingerprint density at radius 1 is 1.08 bits per heavy atom. The number of aliphatic hydroxyl groups excluding tert-OH is 3. The lowest BCUT2D eigenvalue weighted by Crippen LogP contribution is -2.66. The Kier molecular flexibility index (Phi) is 9.37. The summed E-state index contributed by atoms with van der Waals surface area (Å²) in [7, 11) is 0. The first kappa shape index (κ1) is 37.1. The monoisotopic (exact) mass is 720 g/mol. The summed E-state index contributed by atoms with van der Waals surface area (Å²) in [5, 5.41) is 63.4. The molecule has 0 radical (unpaired) electrons. The molecule has 2 aliphatic heterocycles. The number of nitrogens with two attached hydrogens (primary N) is 1. The van der Waals surface area contributed by atoms with Gasteiger partial charge in [0.1, 0.15) is 6.10 Å². The minimum atomic E-state index is -1.55. The number of nitrogens with one attached hydrogen (secondary N) is 1. The second-order valence-electron chi connectivity index (χ2n) is 19.1. The third-order valence-electron chi connectivity index (χ3n) is 16.5. The number of fused-ring (bicyclic) bond motifs is 3. The molecule has 2 heterocycles. The predicted molar refractivity (Wildman–Crippen MR) is 198 cm³/mol. The van der Waals surface area contributed by atoms with E-state index in [0.29, 0.717) is 31.6 Å². The summed E-state index contributed by atoms with van der Waals surface area (Å²) in [5.41, 5.74) is 3.39. The lowest BCUT2D eigenvalue weighted by atomic mass is 9.42. The fourth-order valence-electron chi connectivity index (χ4n) is 13.9. The minimum Gasteiger partial charge on any atom is -0.390 e. The van der Waals surface area contributed by atoms with E-state index in [1.807, 2.05) is 18.4 Å². The van der Waals surface area contributed by atoms with Gasteiger partial charge in [-0.2, -0.15) is 0 Å². The molecule has 288 valence electrons. The molecule has 8 aliphatic rings. The van der Waals surface area contributed by atoms with Crippen molar-refractivity contribution in [3.63, 3.8) is 0 Å². The fourth-order valence-corrected chi connectivity index (χ4v) is 13.9. The van der Waals surface area contributed by atoms with Gasteiger partial charge in [-0.15, -0.1) is 0 Å². The molecule has 1 spiro atoms. The summed E-state index contributed by atoms with van der Waals surface area (Å²) in [6.07, 6.45) is 17.7. The van der Waals surface area contributed by atoms with E-state index in [4.69, 9.17) is 10.5 Å². The van der Waals surface area contributed by atoms with Gasteiger partial charge < -0.3 is 41.3 Å². The van der Waals surface area contributed by atoms with Crippen LogP contribution in [0.1, 0.15) is 105 Å². The Labute approximate surface area is 309 Å². The SMILES string of the molecule is CCCC1CCC2OC(C(O)C(C)(O)C3CCC4(O)C5=CC(=O)C6CC(O)C(O)CC67CC(C6=CNC(N)C=C6)C=CC(CC34C)C57)C(C)C2CC1. The van der Waals surface area contributed by atoms with Gasteiger partial charge in [-0.3, -0.25) is 4.79 Å². The van der Waals surface area contributed by atoms with Crippen molar-refractivity contribution >= 4 is 5.78 Å². The molecule has 52 heavy (non-hydrogen) atoms. The van der Waals surface area contributed by atoms with Crippen LogP contribution in [0.15, 0.2) is 47.7 Å². The fraction of sp³-hybridized carbons (Fsp3) is 0.791. The molecule has 9 heteroatoms. The van der Waals surface area contributed by atoms with Gasteiger partial charge >= 0.3 is 0 Å². The van der Waals surface area contributed by atoms with Crippen LogP contribution in [0.5, 0.6) is 0 Å². The van der Waals surface area contributed by atoms with Crippen molar-refractivity contribution in [1.29, 1.82) is 0 Å². The number of dihydropyridines is 1. The lowest BCUT2D eigenvalue weighted by Gasteiger charge is -2.63. The smallest absolute Gasteiger partial charge is 0.159 e. The van der Waals surface area contributed by atoms with Crippen LogP contribution in [0.4, 0.5) is 0 Å². The van der Waals surface area contributed by atoms with E-state index in [0.717, 1.165) is 36.3 Å². The van der Waals surface area contributed by atoms with Gasteiger partial charge in [0.15, 0.2) is 5.78 Å². The largest absolute Gasteiger partial charge is 0.390 e. The van der Waals surface area contributed by atoms with Gasteiger partial charge in [0.2, 0.25) is 0 Å². The van der Waals surface area contributed by atoms with Gasteiger partial charge in [0.05, 0.1) is 41.8 Å². The first-order chi connectivity index (χ1) is 24.6. The van der Waals surface area contributed by atoms with E-state index in [1.165, 1.54) is 19.3 Å². The van der Waals surface area contributed by atoms with Crippen LogP contribution in [0.2, 0.25) is 0 Å². The number of carbonyl (C=O) groups is 1. The van der Waals surface area contributed by atoms with Crippen LogP contribution in [0, 0.1) is 58.2 Å². The van der Waals surface area contributed by atoms with Gasteiger partial charge in [-0.1, -0.05) is 58.3 Å². The van der Waals surface area contributed by atoms with E-state index in [9.17, 15) is 30.3 Å². The van der Waals surface area contributed by atoms with Crippen molar-refractivity contribution in [2.45, 2.75) is 153 Å². The molecule has 0 aromatic carbocycles. The van der Waals surface area contributed by atoms with E-state index in [1.54, 1.807) is 13.0 Å². The Morgan fingerprint density at radius 2 is 1.85 bits per heavy atom. The molecule has 18 unspecified atom stereocenters. The van der Waals surface area contributed by atoms with Crippen molar-refractivity contribution < 1.29 is 35.1 Å². The first-order valence-corrected chi connectivity index (χ1v) is 20.6. The summed E-state index contributed by atoms with van der Waals surface area (Å²) < 4.78 is 6.71. The van der Waals surface area contributed by atoms with Crippen molar-refractivity contribution in [3.8, 4) is 0 Å². The molecule has 8 rings (SSSR count). The highest BCUT2D eigenvalue weighted by atomic mass is 16.5. The molecule has 1 saturated heterocycles. The van der Waals surface area contributed by atoms with Crippen molar-refractivity contribution in [2.24, 2.45) is 63.9 Å². The number of ketones is 1. The van der Waals surface area contributed by atoms with Crippen LogP contribution >= 0.6 is 0 Å². The van der Waals surface area contributed by atoms with Gasteiger partial charge in [0.25, 0.3) is 0 Å². The highest BCUT2D eigenvalue weighted by Gasteiger charge is 2.72. The summed E-state index contributed by atoms with van der Waals surface area (Å²) in [6, 6.07) is 0. The summed E-state index contributed by atoms with van der Waals surface area (Å²) in [6.45, 7) is 8.26. The molecule has 0 amide bonds. The van der Waals surface area contributed by atoms with Crippen molar-refractivity contribution in [2.75, 3.05) is 0 Å². The average Bonchev–Trinajstić information content (AvgIpc) is 3.39. The van der Waals surface area contributed by atoms with E-state index < -0.39 is 58.3 Å². The molecule has 0 aromatic rings. The molecular weight excluding hydrogens is 656 g/mol. The summed E-state index contributed by atoms with van der Waals surface area (Å²) in [5.74, 6) is -0.181. The summed E-state index contributed by atoms with van der Waals surface area (Å²) in [4.78, 5) is 14.3. The third-order valence-corrected chi connectivity index (χ3v) is 16.5. The molecular formula is C43H64N2O7. The number of hydrogen-bond donors (Lipinski definition) is 7. The van der Waals surface area contributed by atoms with Crippen LogP contribution in [-0.4, -0.2) is 79.2 Å². The van der Waals surface area contributed by atoms with Crippen LogP contribution in [0.25, 0.3) is 0 Å². The topological polar surface area (TPSA) is 166 Å². The lowest BCUT2D eigenvalue weighted by molar-refractivity contribution is -0.203. The summed E-state index contributed by atoms with van der Waals surface area (Å²) >= 11 is 0. The molecule has 9 nitrogen and oxygen atoms in total. The van der Waals surface area contributed by atoms with Gasteiger partial charge in [-0.05, 0) is 129 Å². The van der Waals surface area contributed by atoms with Gasteiger partial charge in [-0.25, -0.2) is 0 Å². The first-order valence-electron chi connectivity index (χ1n) is 20.6. The Balaban J connectivity index is 1.14.